The minimum Gasteiger partial charge on any atom is -0.267 e. The van der Waals surface area contributed by atoms with Gasteiger partial charge in [0.05, 0.1) is 17.1 Å². The molecule has 0 N–H and O–H groups in total. The predicted molar refractivity (Wildman–Crippen MR) is 47.6 cm³/mol. The molecular formula is C9H4N4O. The van der Waals surface area contributed by atoms with Crippen molar-refractivity contribution in [3.8, 4) is 0 Å². The lowest BCUT2D eigenvalue weighted by Gasteiger charge is -1.91. The third-order valence-electron chi connectivity index (χ3n) is 2.12. The standard InChI is InChI=1S/C9H4N4O/c14-8-3-5-1-2-7-6(9(5)11-8)4-10-13-12-7/h1-4H. The average Bonchev–Trinajstić information content (AvgIpc) is 2.59. The molecular weight excluding hydrogens is 180 g/mol. The van der Waals surface area contributed by atoms with Crippen LogP contribution in [0.1, 0.15) is 0 Å². The van der Waals surface area contributed by atoms with Crippen LogP contribution in [0, 0.1) is 0 Å². The summed E-state index contributed by atoms with van der Waals surface area (Å²) in [7, 11) is 0. The Labute approximate surface area is 77.8 Å². The predicted octanol–water partition coefficient (Wildman–Crippen LogP) is -1.03. The quantitative estimate of drug-likeness (QED) is 0.524. The molecule has 1 amide bonds. The Morgan fingerprint density at radius 1 is 1.21 bits per heavy atom. The number of fused-ring (bicyclic) bond motifs is 3. The van der Waals surface area contributed by atoms with E-state index in [0.717, 1.165) is 10.6 Å². The maximum atomic E-state index is 11.1. The molecule has 2 aromatic rings. The first-order valence-corrected chi connectivity index (χ1v) is 4.06. The van der Waals surface area contributed by atoms with Gasteiger partial charge in [-0.05, 0) is 11.3 Å². The SMILES string of the molecule is O=C1C=c2ccc3nnncc3c2=N1. The van der Waals surface area contributed by atoms with Crippen molar-refractivity contribution in [2.24, 2.45) is 4.99 Å². The van der Waals surface area contributed by atoms with Crippen LogP contribution >= 0.6 is 0 Å². The first-order valence-electron chi connectivity index (χ1n) is 4.06. The van der Waals surface area contributed by atoms with Crippen molar-refractivity contribution >= 4 is 22.9 Å². The zero-order valence-corrected chi connectivity index (χ0v) is 7.01. The van der Waals surface area contributed by atoms with Gasteiger partial charge in [0.25, 0.3) is 5.91 Å². The highest BCUT2D eigenvalue weighted by Gasteiger charge is 2.07. The number of carbonyl (C=O) groups excluding carboxylic acids is 1. The van der Waals surface area contributed by atoms with Crippen LogP contribution in [0.15, 0.2) is 23.3 Å². The second-order valence-electron chi connectivity index (χ2n) is 2.96. The van der Waals surface area contributed by atoms with Crippen molar-refractivity contribution in [2.75, 3.05) is 0 Å². The first-order chi connectivity index (χ1) is 6.84. The number of aromatic nitrogens is 3. The summed E-state index contributed by atoms with van der Waals surface area (Å²) in [4.78, 5) is 14.9. The summed E-state index contributed by atoms with van der Waals surface area (Å²) >= 11 is 0. The van der Waals surface area contributed by atoms with Gasteiger partial charge in [-0.3, -0.25) is 4.79 Å². The first kappa shape index (κ1) is 7.25. The van der Waals surface area contributed by atoms with Crippen LogP contribution < -0.4 is 10.6 Å². The topological polar surface area (TPSA) is 68.1 Å². The minimum atomic E-state index is -0.232. The van der Waals surface area contributed by atoms with E-state index in [9.17, 15) is 4.79 Å². The Kier molecular flexibility index (Phi) is 1.25. The average molecular weight is 184 g/mol. The van der Waals surface area contributed by atoms with E-state index in [4.69, 9.17) is 0 Å². The fourth-order valence-corrected chi connectivity index (χ4v) is 1.50. The second kappa shape index (κ2) is 2.41. The van der Waals surface area contributed by atoms with Gasteiger partial charge < -0.3 is 0 Å². The summed E-state index contributed by atoms with van der Waals surface area (Å²) in [6.45, 7) is 0. The Morgan fingerprint density at radius 3 is 3.07 bits per heavy atom. The van der Waals surface area contributed by atoms with Gasteiger partial charge in [-0.1, -0.05) is 6.07 Å². The molecule has 5 nitrogen and oxygen atoms in total. The maximum absolute atomic E-state index is 11.1. The van der Waals surface area contributed by atoms with Crippen molar-refractivity contribution in [2.45, 2.75) is 0 Å². The molecule has 3 rings (SSSR count). The third kappa shape index (κ3) is 0.861. The number of carbonyl (C=O) groups is 1. The minimum absolute atomic E-state index is 0.232. The number of nitrogens with zero attached hydrogens (tertiary/aromatic N) is 4. The van der Waals surface area contributed by atoms with Crippen molar-refractivity contribution in [3.05, 3.63) is 28.9 Å². The molecule has 0 saturated heterocycles. The molecule has 14 heavy (non-hydrogen) atoms. The van der Waals surface area contributed by atoms with Gasteiger partial charge in [0.15, 0.2) is 0 Å². The summed E-state index contributed by atoms with van der Waals surface area (Å²) in [6, 6.07) is 3.61. The number of hydrogen-bond acceptors (Lipinski definition) is 4. The normalized spacial score (nSPS) is 13.6. The molecule has 66 valence electrons. The molecule has 0 saturated carbocycles. The molecule has 1 aliphatic heterocycles. The fraction of sp³-hybridized carbons (Fsp3) is 0. The monoisotopic (exact) mass is 184 g/mol. The van der Waals surface area contributed by atoms with Crippen molar-refractivity contribution in [3.63, 3.8) is 0 Å². The van der Waals surface area contributed by atoms with Crippen LogP contribution in [-0.2, 0) is 4.79 Å². The van der Waals surface area contributed by atoms with Gasteiger partial charge in [-0.25, -0.2) is 4.99 Å². The molecule has 5 heteroatoms. The lowest BCUT2D eigenvalue weighted by atomic mass is 10.2. The third-order valence-corrected chi connectivity index (χ3v) is 2.12. The molecule has 1 aliphatic rings. The van der Waals surface area contributed by atoms with Crippen molar-refractivity contribution < 1.29 is 4.79 Å². The van der Waals surface area contributed by atoms with Crippen LogP contribution in [0.5, 0.6) is 0 Å². The fourth-order valence-electron chi connectivity index (χ4n) is 1.50. The van der Waals surface area contributed by atoms with Crippen LogP contribution in [0.2, 0.25) is 0 Å². The molecule has 0 fully saturated rings. The van der Waals surface area contributed by atoms with Gasteiger partial charge >= 0.3 is 0 Å². The summed E-state index contributed by atoms with van der Waals surface area (Å²) in [5.41, 5.74) is 0.700. The molecule has 0 bridgehead atoms. The van der Waals surface area contributed by atoms with E-state index < -0.39 is 0 Å². The molecule has 1 aromatic carbocycles. The Bertz CT molecular complexity index is 662. The van der Waals surface area contributed by atoms with Crippen LogP contribution in [0.4, 0.5) is 0 Å². The van der Waals surface area contributed by atoms with Gasteiger partial charge in [0.1, 0.15) is 0 Å². The highest BCUT2D eigenvalue weighted by atomic mass is 16.1. The van der Waals surface area contributed by atoms with Gasteiger partial charge in [-0.2, -0.15) is 0 Å². The number of amides is 1. The maximum Gasteiger partial charge on any atom is 0.270 e. The smallest absolute Gasteiger partial charge is 0.267 e. The van der Waals surface area contributed by atoms with Crippen LogP contribution in [0.3, 0.4) is 0 Å². The molecule has 0 atom stereocenters. The van der Waals surface area contributed by atoms with Gasteiger partial charge in [0, 0.05) is 16.7 Å². The molecule has 0 unspecified atom stereocenters. The van der Waals surface area contributed by atoms with Crippen molar-refractivity contribution in [1.82, 2.24) is 15.4 Å². The zero-order valence-electron chi connectivity index (χ0n) is 7.01. The van der Waals surface area contributed by atoms with E-state index in [1.807, 2.05) is 0 Å². The highest BCUT2D eigenvalue weighted by Crippen LogP contribution is 2.00. The zero-order chi connectivity index (χ0) is 9.54. The van der Waals surface area contributed by atoms with E-state index >= 15 is 0 Å². The lowest BCUT2D eigenvalue weighted by Crippen LogP contribution is -2.22. The summed E-state index contributed by atoms with van der Waals surface area (Å²) < 4.78 is 0. The molecule has 1 aromatic heterocycles. The summed E-state index contributed by atoms with van der Waals surface area (Å²) in [5.74, 6) is -0.232. The van der Waals surface area contributed by atoms with E-state index in [1.54, 1.807) is 18.3 Å². The van der Waals surface area contributed by atoms with Crippen LogP contribution in [0.25, 0.3) is 17.0 Å². The Balaban J connectivity index is 2.65. The molecule has 0 aliphatic carbocycles. The summed E-state index contributed by atoms with van der Waals surface area (Å²) in [6.07, 6.45) is 3.06. The van der Waals surface area contributed by atoms with Crippen molar-refractivity contribution in [1.29, 1.82) is 0 Å². The Morgan fingerprint density at radius 2 is 2.14 bits per heavy atom. The van der Waals surface area contributed by atoms with Crippen LogP contribution in [-0.4, -0.2) is 21.3 Å². The van der Waals surface area contributed by atoms with E-state index in [0.29, 0.717) is 10.9 Å². The molecule has 0 radical (unpaired) electrons. The van der Waals surface area contributed by atoms with E-state index in [-0.39, 0.29) is 5.91 Å². The lowest BCUT2D eigenvalue weighted by molar-refractivity contribution is -0.112. The molecule has 2 heterocycles. The number of rotatable bonds is 0. The highest BCUT2D eigenvalue weighted by molar-refractivity contribution is 6.07. The summed E-state index contributed by atoms with van der Waals surface area (Å²) in [5, 5.41) is 13.3. The van der Waals surface area contributed by atoms with E-state index in [2.05, 4.69) is 20.4 Å². The number of benzene rings is 1. The largest absolute Gasteiger partial charge is 0.270 e. The molecule has 0 spiro atoms. The van der Waals surface area contributed by atoms with E-state index in [1.165, 1.54) is 6.08 Å². The Hall–Kier alpha value is -2.17. The van der Waals surface area contributed by atoms with Gasteiger partial charge in [-0.15, -0.1) is 10.2 Å². The number of hydrogen-bond donors (Lipinski definition) is 0. The van der Waals surface area contributed by atoms with Gasteiger partial charge in [0.2, 0.25) is 0 Å². The second-order valence-corrected chi connectivity index (χ2v) is 2.96.